The minimum atomic E-state index is -0.616. The zero-order chi connectivity index (χ0) is 13.4. The molecule has 0 aliphatic rings. The van der Waals surface area contributed by atoms with Crippen molar-refractivity contribution < 1.29 is 9.34 Å². The summed E-state index contributed by atoms with van der Waals surface area (Å²) in [5, 5.41) is 18.2. The highest BCUT2D eigenvalue weighted by atomic mass is 32.2. The van der Waals surface area contributed by atoms with Crippen LogP contribution in [-0.2, 0) is 0 Å². The van der Waals surface area contributed by atoms with Crippen LogP contribution in [0.1, 0.15) is 25.5 Å². The van der Waals surface area contributed by atoms with Crippen LogP contribution in [0.2, 0.25) is 0 Å². The standard InChI is InChI=1S/C10H14N4O3S/c1-2-3-6-18-10(11)13-12-7-8-4-5-9(17-8)14(15)16/h4-5,7H,2-3,6H2,1H3,(H2,11,13)/b12-7+. The summed E-state index contributed by atoms with van der Waals surface area (Å²) in [6.45, 7) is 2.09. The molecule has 0 saturated heterocycles. The van der Waals surface area contributed by atoms with Gasteiger partial charge in [0.05, 0.1) is 12.3 Å². The van der Waals surface area contributed by atoms with Gasteiger partial charge in [-0.2, -0.15) is 5.10 Å². The molecule has 7 nitrogen and oxygen atoms in total. The highest BCUT2D eigenvalue weighted by molar-refractivity contribution is 8.13. The molecule has 18 heavy (non-hydrogen) atoms. The minimum absolute atomic E-state index is 0.261. The minimum Gasteiger partial charge on any atom is -0.400 e. The van der Waals surface area contributed by atoms with Crippen molar-refractivity contribution in [1.82, 2.24) is 0 Å². The molecule has 1 aromatic rings. The number of hydrogen-bond donors (Lipinski definition) is 1. The van der Waals surface area contributed by atoms with E-state index < -0.39 is 4.92 Å². The van der Waals surface area contributed by atoms with E-state index in [0.29, 0.717) is 5.17 Å². The van der Waals surface area contributed by atoms with E-state index in [9.17, 15) is 10.1 Å². The number of nitrogens with two attached hydrogens (primary N) is 1. The molecule has 0 bridgehead atoms. The Kier molecular flexibility index (Phi) is 5.92. The lowest BCUT2D eigenvalue weighted by Gasteiger charge is -1.95. The van der Waals surface area contributed by atoms with E-state index in [1.54, 1.807) is 0 Å². The summed E-state index contributed by atoms with van der Waals surface area (Å²) in [6.07, 6.45) is 3.44. The zero-order valence-corrected chi connectivity index (χ0v) is 10.7. The molecule has 1 heterocycles. The van der Waals surface area contributed by atoms with Crippen LogP contribution < -0.4 is 5.73 Å². The molecule has 8 heteroatoms. The Morgan fingerprint density at radius 1 is 1.67 bits per heavy atom. The fourth-order valence-corrected chi connectivity index (χ4v) is 1.75. The molecule has 0 unspecified atom stereocenters. The predicted octanol–water partition coefficient (Wildman–Crippen LogP) is 2.37. The van der Waals surface area contributed by atoms with Gasteiger partial charge in [0.1, 0.15) is 4.92 Å². The summed E-state index contributed by atoms with van der Waals surface area (Å²) >= 11 is 1.42. The molecule has 0 aromatic carbocycles. The lowest BCUT2D eigenvalue weighted by molar-refractivity contribution is -0.402. The summed E-state index contributed by atoms with van der Waals surface area (Å²) in [7, 11) is 0. The van der Waals surface area contributed by atoms with Crippen molar-refractivity contribution in [2.24, 2.45) is 15.9 Å². The van der Waals surface area contributed by atoms with Gasteiger partial charge >= 0.3 is 5.88 Å². The Balaban J connectivity index is 2.47. The quantitative estimate of drug-likeness (QED) is 0.281. The van der Waals surface area contributed by atoms with Gasteiger partial charge in [-0.3, -0.25) is 10.1 Å². The van der Waals surface area contributed by atoms with Gasteiger partial charge in [-0.25, -0.2) is 0 Å². The second kappa shape index (κ2) is 7.49. The molecule has 0 saturated carbocycles. The van der Waals surface area contributed by atoms with Crippen molar-refractivity contribution in [3.63, 3.8) is 0 Å². The smallest absolute Gasteiger partial charge is 0.400 e. The molecule has 2 N–H and O–H groups in total. The average molecular weight is 270 g/mol. The van der Waals surface area contributed by atoms with Gasteiger partial charge < -0.3 is 10.2 Å². The molecular weight excluding hydrogens is 256 g/mol. The Labute approximate surface area is 108 Å². The van der Waals surface area contributed by atoms with E-state index in [-0.39, 0.29) is 11.6 Å². The Hall–Kier alpha value is -1.83. The summed E-state index contributed by atoms with van der Waals surface area (Å²) in [6, 6.07) is 2.70. The largest absolute Gasteiger partial charge is 0.433 e. The molecule has 1 rings (SSSR count). The Bertz CT molecular complexity index is 456. The van der Waals surface area contributed by atoms with E-state index in [1.165, 1.54) is 30.1 Å². The number of rotatable bonds is 6. The Morgan fingerprint density at radius 3 is 3.06 bits per heavy atom. The lowest BCUT2D eigenvalue weighted by atomic mass is 10.4. The predicted molar refractivity (Wildman–Crippen MR) is 71.9 cm³/mol. The molecule has 1 aromatic heterocycles. The number of nitrogens with zero attached hydrogens (tertiary/aromatic N) is 3. The highest BCUT2D eigenvalue weighted by Gasteiger charge is 2.09. The van der Waals surface area contributed by atoms with Crippen LogP contribution in [0.25, 0.3) is 0 Å². The third-order valence-electron chi connectivity index (χ3n) is 1.88. The summed E-state index contributed by atoms with van der Waals surface area (Å²) in [4.78, 5) is 9.74. The van der Waals surface area contributed by atoms with Gasteiger partial charge in [0, 0.05) is 5.75 Å². The first-order chi connectivity index (χ1) is 8.63. The monoisotopic (exact) mass is 270 g/mol. The van der Waals surface area contributed by atoms with Crippen LogP contribution in [0.5, 0.6) is 0 Å². The molecule has 98 valence electrons. The van der Waals surface area contributed by atoms with Gasteiger partial charge in [-0.1, -0.05) is 25.1 Å². The highest BCUT2D eigenvalue weighted by Crippen LogP contribution is 2.13. The van der Waals surface area contributed by atoms with Crippen LogP contribution in [0.15, 0.2) is 26.8 Å². The van der Waals surface area contributed by atoms with Crippen molar-refractivity contribution in [3.05, 3.63) is 28.0 Å². The first-order valence-electron chi connectivity index (χ1n) is 5.37. The van der Waals surface area contributed by atoms with Crippen LogP contribution >= 0.6 is 11.8 Å². The number of hydrogen-bond acceptors (Lipinski definition) is 6. The van der Waals surface area contributed by atoms with E-state index in [0.717, 1.165) is 18.6 Å². The number of thioether (sulfide) groups is 1. The first-order valence-corrected chi connectivity index (χ1v) is 6.35. The van der Waals surface area contributed by atoms with Crippen LogP contribution in [-0.4, -0.2) is 22.1 Å². The van der Waals surface area contributed by atoms with Gasteiger partial charge in [-0.15, -0.1) is 5.10 Å². The maximum absolute atomic E-state index is 10.4. The van der Waals surface area contributed by atoms with Crippen molar-refractivity contribution in [2.45, 2.75) is 19.8 Å². The van der Waals surface area contributed by atoms with E-state index in [1.807, 2.05) is 0 Å². The molecule has 0 spiro atoms. The maximum Gasteiger partial charge on any atom is 0.433 e. The number of furan rings is 1. The van der Waals surface area contributed by atoms with E-state index >= 15 is 0 Å². The SMILES string of the molecule is CCCCS/C(N)=N/N=C/c1ccc([N+](=O)[O-])o1. The maximum atomic E-state index is 10.4. The van der Waals surface area contributed by atoms with Gasteiger partial charge in [0.25, 0.3) is 0 Å². The summed E-state index contributed by atoms with van der Waals surface area (Å²) in [5.74, 6) is 0.829. The first kappa shape index (κ1) is 14.2. The Morgan fingerprint density at radius 2 is 2.44 bits per heavy atom. The van der Waals surface area contributed by atoms with Gasteiger partial charge in [-0.05, 0) is 12.5 Å². The lowest BCUT2D eigenvalue weighted by Crippen LogP contribution is -2.06. The number of nitro groups is 1. The topological polar surface area (TPSA) is 107 Å². The van der Waals surface area contributed by atoms with Gasteiger partial charge in [0.15, 0.2) is 10.9 Å². The fourth-order valence-electron chi connectivity index (χ4n) is 1.00. The molecule has 0 aliphatic carbocycles. The van der Waals surface area contributed by atoms with Crippen molar-refractivity contribution in [1.29, 1.82) is 0 Å². The number of unbranched alkanes of at least 4 members (excludes halogenated alkanes) is 1. The van der Waals surface area contributed by atoms with E-state index in [4.69, 9.17) is 10.2 Å². The molecule has 0 radical (unpaired) electrons. The molecule has 0 atom stereocenters. The average Bonchev–Trinajstić information content (AvgIpc) is 2.78. The normalized spacial score (nSPS) is 12.2. The van der Waals surface area contributed by atoms with E-state index in [2.05, 4.69) is 17.1 Å². The summed E-state index contributed by atoms with van der Waals surface area (Å²) < 4.78 is 4.86. The number of amidine groups is 1. The fraction of sp³-hybridized carbons (Fsp3) is 0.400. The zero-order valence-electron chi connectivity index (χ0n) is 9.91. The third-order valence-corrected chi connectivity index (χ3v) is 2.75. The van der Waals surface area contributed by atoms with Crippen LogP contribution in [0.3, 0.4) is 0 Å². The van der Waals surface area contributed by atoms with Crippen molar-refractivity contribution in [2.75, 3.05) is 5.75 Å². The summed E-state index contributed by atoms with van der Waals surface area (Å²) in [5.41, 5.74) is 5.59. The molecule has 0 aliphatic heterocycles. The molecule has 0 amide bonds. The van der Waals surface area contributed by atoms with Crippen LogP contribution in [0.4, 0.5) is 5.88 Å². The molecule has 0 fully saturated rings. The molecular formula is C10H14N4O3S. The van der Waals surface area contributed by atoms with Crippen molar-refractivity contribution in [3.8, 4) is 0 Å². The van der Waals surface area contributed by atoms with Gasteiger partial charge in [0.2, 0.25) is 0 Å². The van der Waals surface area contributed by atoms with Crippen LogP contribution in [0, 0.1) is 10.1 Å². The second-order valence-corrected chi connectivity index (χ2v) is 4.43. The second-order valence-electron chi connectivity index (χ2n) is 3.32. The third kappa shape index (κ3) is 5.00. The van der Waals surface area contributed by atoms with Crippen molar-refractivity contribution >= 4 is 29.0 Å².